The average Bonchev–Trinajstić information content (AvgIpc) is 3.16. The second-order valence-corrected chi connectivity index (χ2v) is 8.70. The Balaban J connectivity index is 1.29. The maximum Gasteiger partial charge on any atom is 0.319 e. The third-order valence-corrected chi connectivity index (χ3v) is 6.96. The number of likely N-dealkylation sites (tertiary alicyclic amines) is 2. The minimum Gasteiger partial charge on any atom is -0.349 e. The third-order valence-electron chi connectivity index (χ3n) is 6.96. The van der Waals surface area contributed by atoms with E-state index in [2.05, 4.69) is 17.1 Å². The van der Waals surface area contributed by atoms with E-state index < -0.39 is 0 Å². The zero-order valence-corrected chi connectivity index (χ0v) is 15.5. The molecule has 0 aliphatic carbocycles. The summed E-state index contributed by atoms with van der Waals surface area (Å²) < 4.78 is 0. The molecule has 3 amide bonds. The number of urea groups is 1. The Morgan fingerprint density at radius 3 is 2.04 bits per heavy atom. The van der Waals surface area contributed by atoms with Crippen molar-refractivity contribution in [3.8, 4) is 0 Å². The summed E-state index contributed by atoms with van der Waals surface area (Å²) >= 11 is 0. The molecule has 0 radical (unpaired) electrons. The molecule has 0 saturated carbocycles. The molecule has 5 aliphatic heterocycles. The van der Waals surface area contributed by atoms with Crippen molar-refractivity contribution >= 4 is 11.9 Å². The fourth-order valence-electron chi connectivity index (χ4n) is 5.29. The molecule has 25 heavy (non-hydrogen) atoms. The molecule has 5 rings (SSSR count). The van der Waals surface area contributed by atoms with Gasteiger partial charge >= 0.3 is 6.03 Å². The Hall–Kier alpha value is -1.30. The van der Waals surface area contributed by atoms with Gasteiger partial charge in [0, 0.05) is 38.6 Å². The predicted octanol–water partition coefficient (Wildman–Crippen LogP) is 1.51. The topological polar surface area (TPSA) is 55.9 Å². The van der Waals surface area contributed by atoms with Crippen LogP contribution >= 0.6 is 0 Å². The van der Waals surface area contributed by atoms with Gasteiger partial charge in [0.15, 0.2) is 0 Å². The molecule has 6 heteroatoms. The van der Waals surface area contributed by atoms with Crippen molar-refractivity contribution in [2.24, 2.45) is 11.8 Å². The molecule has 0 aromatic carbocycles. The number of hydrogen-bond acceptors (Lipinski definition) is 3. The van der Waals surface area contributed by atoms with Crippen LogP contribution in [0, 0.1) is 11.8 Å². The summed E-state index contributed by atoms with van der Waals surface area (Å²) in [5, 5.41) is 3.40. The minimum atomic E-state index is -0.0594. The second kappa shape index (κ2) is 6.78. The lowest BCUT2D eigenvalue weighted by molar-refractivity contribution is -0.130. The van der Waals surface area contributed by atoms with Crippen LogP contribution in [0.5, 0.6) is 0 Å². The van der Waals surface area contributed by atoms with Crippen LogP contribution in [0.4, 0.5) is 4.79 Å². The number of piperidine rings is 4. The Morgan fingerprint density at radius 1 is 0.880 bits per heavy atom. The van der Waals surface area contributed by atoms with Crippen LogP contribution in [0.3, 0.4) is 0 Å². The number of hydrogen-bond donors (Lipinski definition) is 1. The van der Waals surface area contributed by atoms with Crippen LogP contribution in [0.1, 0.15) is 45.4 Å². The van der Waals surface area contributed by atoms with Gasteiger partial charge in [-0.25, -0.2) is 4.79 Å². The van der Waals surface area contributed by atoms with E-state index in [0.29, 0.717) is 5.92 Å². The van der Waals surface area contributed by atoms with Crippen molar-refractivity contribution in [2.45, 2.75) is 51.0 Å². The van der Waals surface area contributed by atoms with Crippen molar-refractivity contribution in [1.82, 2.24) is 20.0 Å². The first kappa shape index (κ1) is 17.1. The van der Waals surface area contributed by atoms with Gasteiger partial charge in [0.05, 0.1) is 5.54 Å². The molecule has 5 heterocycles. The summed E-state index contributed by atoms with van der Waals surface area (Å²) in [7, 11) is 0. The van der Waals surface area contributed by atoms with Gasteiger partial charge in [-0.2, -0.15) is 0 Å². The summed E-state index contributed by atoms with van der Waals surface area (Å²) in [6.07, 6.45) is 6.27. The van der Waals surface area contributed by atoms with E-state index >= 15 is 0 Å². The summed E-state index contributed by atoms with van der Waals surface area (Å²) in [6, 6.07) is 0.181. The molecular weight excluding hydrogens is 316 g/mol. The van der Waals surface area contributed by atoms with Crippen LogP contribution in [0.2, 0.25) is 0 Å². The normalized spacial score (nSPS) is 35.9. The summed E-state index contributed by atoms with van der Waals surface area (Å²) in [5.74, 6) is 0.901. The molecule has 0 aromatic heterocycles. The highest BCUT2D eigenvalue weighted by atomic mass is 16.2. The van der Waals surface area contributed by atoms with E-state index in [4.69, 9.17) is 0 Å². The van der Waals surface area contributed by atoms with Crippen molar-refractivity contribution in [1.29, 1.82) is 0 Å². The fourth-order valence-corrected chi connectivity index (χ4v) is 5.29. The standard InChI is InChI=1S/C19H32N4O2/c1-19(14-21-10-6-16(19)7-11-21)20-17(24)15-4-12-23(13-5-15)18(25)22-8-2-3-9-22/h15-16H,2-14H2,1H3,(H,20,24)/t19-/m1/s1. The lowest BCUT2D eigenvalue weighted by Gasteiger charge is -2.52. The molecule has 6 nitrogen and oxygen atoms in total. The molecule has 140 valence electrons. The lowest BCUT2D eigenvalue weighted by atomic mass is 9.73. The monoisotopic (exact) mass is 348 g/mol. The van der Waals surface area contributed by atoms with E-state index in [9.17, 15) is 9.59 Å². The zero-order chi connectivity index (χ0) is 17.4. The van der Waals surface area contributed by atoms with Gasteiger partial charge in [0.2, 0.25) is 5.91 Å². The van der Waals surface area contributed by atoms with Crippen LogP contribution in [0.25, 0.3) is 0 Å². The first-order valence-electron chi connectivity index (χ1n) is 10.1. The van der Waals surface area contributed by atoms with Crippen LogP contribution in [0.15, 0.2) is 0 Å². The fraction of sp³-hybridized carbons (Fsp3) is 0.895. The number of carbonyl (C=O) groups excluding carboxylic acids is 2. The van der Waals surface area contributed by atoms with Gasteiger partial charge in [0.1, 0.15) is 0 Å². The van der Waals surface area contributed by atoms with Gasteiger partial charge in [-0.15, -0.1) is 0 Å². The van der Waals surface area contributed by atoms with Crippen molar-refractivity contribution in [2.75, 3.05) is 45.8 Å². The van der Waals surface area contributed by atoms with E-state index in [0.717, 1.165) is 58.4 Å². The Bertz CT molecular complexity index is 518. The highest BCUT2D eigenvalue weighted by Gasteiger charge is 2.45. The molecule has 1 N–H and O–H groups in total. The molecular formula is C19H32N4O2. The molecule has 0 spiro atoms. The van der Waals surface area contributed by atoms with E-state index in [-0.39, 0.29) is 23.4 Å². The number of rotatable bonds is 2. The SMILES string of the molecule is C[C@@]1(NC(=O)C2CCN(C(=O)N3CCCC3)CC2)CN2CCC1CC2. The maximum absolute atomic E-state index is 12.8. The van der Waals surface area contributed by atoms with Gasteiger partial charge in [-0.1, -0.05) is 0 Å². The maximum atomic E-state index is 12.8. The Kier molecular flexibility index (Phi) is 4.65. The van der Waals surface area contributed by atoms with Crippen LogP contribution in [-0.4, -0.2) is 78.0 Å². The Labute approximate surface area is 150 Å². The summed E-state index contributed by atoms with van der Waals surface area (Å²) in [4.78, 5) is 31.7. The van der Waals surface area contributed by atoms with Gasteiger partial charge < -0.3 is 20.0 Å². The highest BCUT2D eigenvalue weighted by Crippen LogP contribution is 2.35. The number of carbonyl (C=O) groups is 2. The van der Waals surface area contributed by atoms with Crippen LogP contribution < -0.4 is 5.32 Å². The lowest BCUT2D eigenvalue weighted by Crippen LogP contribution is -2.66. The number of nitrogens with zero attached hydrogens (tertiary/aromatic N) is 3. The number of fused-ring (bicyclic) bond motifs is 3. The smallest absolute Gasteiger partial charge is 0.319 e. The largest absolute Gasteiger partial charge is 0.349 e. The van der Waals surface area contributed by atoms with Gasteiger partial charge in [-0.3, -0.25) is 4.79 Å². The van der Waals surface area contributed by atoms with E-state index in [1.54, 1.807) is 0 Å². The third kappa shape index (κ3) is 3.37. The van der Waals surface area contributed by atoms with Gasteiger partial charge in [0.25, 0.3) is 0 Å². The first-order chi connectivity index (χ1) is 12.0. The van der Waals surface area contributed by atoms with Crippen molar-refractivity contribution in [3.05, 3.63) is 0 Å². The van der Waals surface area contributed by atoms with Crippen LogP contribution in [-0.2, 0) is 4.79 Å². The Morgan fingerprint density at radius 2 is 1.48 bits per heavy atom. The minimum absolute atomic E-state index is 0.0594. The molecule has 1 atom stereocenters. The predicted molar refractivity (Wildman–Crippen MR) is 96.2 cm³/mol. The second-order valence-electron chi connectivity index (χ2n) is 8.70. The highest BCUT2D eigenvalue weighted by molar-refractivity contribution is 5.80. The van der Waals surface area contributed by atoms with E-state index in [1.165, 1.54) is 25.9 Å². The van der Waals surface area contributed by atoms with Crippen molar-refractivity contribution in [3.63, 3.8) is 0 Å². The molecule has 5 saturated heterocycles. The first-order valence-corrected chi connectivity index (χ1v) is 10.1. The zero-order valence-electron chi connectivity index (χ0n) is 15.5. The molecule has 0 unspecified atom stereocenters. The molecule has 2 bridgehead atoms. The average molecular weight is 348 g/mol. The molecule has 5 aliphatic rings. The number of amides is 3. The summed E-state index contributed by atoms with van der Waals surface area (Å²) in [5.41, 5.74) is -0.0594. The van der Waals surface area contributed by atoms with Crippen molar-refractivity contribution < 1.29 is 9.59 Å². The quantitative estimate of drug-likeness (QED) is 0.823. The molecule has 0 aromatic rings. The summed E-state index contributed by atoms with van der Waals surface area (Å²) in [6.45, 7) is 8.84. The molecule has 5 fully saturated rings. The number of nitrogens with one attached hydrogen (secondary N) is 1. The van der Waals surface area contributed by atoms with Gasteiger partial charge in [-0.05, 0) is 64.5 Å². The van der Waals surface area contributed by atoms with E-state index in [1.807, 2.05) is 9.80 Å².